The van der Waals surface area contributed by atoms with Crippen molar-refractivity contribution in [2.24, 2.45) is 12.8 Å². The van der Waals surface area contributed by atoms with Crippen LogP contribution in [0.2, 0.25) is 0 Å². The summed E-state index contributed by atoms with van der Waals surface area (Å²) in [6.07, 6.45) is 4.84. The van der Waals surface area contributed by atoms with Crippen molar-refractivity contribution >= 4 is 11.6 Å². The number of aromatic nitrogens is 3. The van der Waals surface area contributed by atoms with Crippen LogP contribution in [0.3, 0.4) is 0 Å². The third-order valence-corrected chi connectivity index (χ3v) is 2.59. The third-order valence-electron chi connectivity index (χ3n) is 2.59. The maximum atomic E-state index is 12.0. The van der Waals surface area contributed by atoms with Crippen LogP contribution in [0.15, 0.2) is 30.7 Å². The number of nitrogens with zero attached hydrogens (tertiary/aromatic N) is 3. The second-order valence-electron chi connectivity index (χ2n) is 3.97. The number of ether oxygens (including phenoxy) is 1. The summed E-state index contributed by atoms with van der Waals surface area (Å²) in [6, 6.07) is 2.60. The lowest BCUT2D eigenvalue weighted by molar-refractivity contribution is -0.117. The topological polar surface area (TPSA) is 95.1 Å². The van der Waals surface area contributed by atoms with Crippen LogP contribution in [-0.2, 0) is 11.8 Å². The standard InChI is InChI=1S/C12H15N5O2/c1-17-7-8(6-15-17)10(13)11(18)16-9-4-3-5-14-12(9)19-2/h3-7,10H,13H2,1-2H3,(H,16,18). The van der Waals surface area contributed by atoms with Gasteiger partial charge in [-0.25, -0.2) is 4.98 Å². The molecule has 1 atom stereocenters. The molecule has 0 saturated heterocycles. The van der Waals surface area contributed by atoms with E-state index in [-0.39, 0.29) is 5.91 Å². The molecule has 0 aromatic carbocycles. The molecule has 0 spiro atoms. The fourth-order valence-electron chi connectivity index (χ4n) is 1.61. The minimum absolute atomic E-state index is 0.342. The number of amides is 1. The number of carbonyl (C=O) groups is 1. The minimum atomic E-state index is -0.793. The zero-order valence-corrected chi connectivity index (χ0v) is 10.7. The van der Waals surface area contributed by atoms with Crippen LogP contribution in [0.25, 0.3) is 0 Å². The second kappa shape index (κ2) is 5.49. The lowest BCUT2D eigenvalue weighted by Gasteiger charge is -2.12. The van der Waals surface area contributed by atoms with Crippen LogP contribution in [0, 0.1) is 0 Å². The molecule has 0 aliphatic heterocycles. The fourth-order valence-corrected chi connectivity index (χ4v) is 1.61. The van der Waals surface area contributed by atoms with Crippen LogP contribution in [0.1, 0.15) is 11.6 Å². The van der Waals surface area contributed by atoms with E-state index >= 15 is 0 Å². The third kappa shape index (κ3) is 2.89. The number of anilines is 1. The number of rotatable bonds is 4. The first-order valence-electron chi connectivity index (χ1n) is 5.66. The van der Waals surface area contributed by atoms with Gasteiger partial charge in [0.05, 0.1) is 13.3 Å². The average Bonchev–Trinajstić information content (AvgIpc) is 2.85. The molecule has 3 N–H and O–H groups in total. The van der Waals surface area contributed by atoms with Gasteiger partial charge in [0.1, 0.15) is 11.7 Å². The summed E-state index contributed by atoms with van der Waals surface area (Å²) in [5, 5.41) is 6.66. The molecule has 7 nitrogen and oxygen atoms in total. The van der Waals surface area contributed by atoms with Crippen molar-refractivity contribution in [1.29, 1.82) is 0 Å². The zero-order valence-electron chi connectivity index (χ0n) is 10.7. The summed E-state index contributed by atoms with van der Waals surface area (Å²) >= 11 is 0. The number of hydrogen-bond acceptors (Lipinski definition) is 5. The molecule has 0 saturated carbocycles. The van der Waals surface area contributed by atoms with E-state index in [0.29, 0.717) is 17.1 Å². The number of hydrogen-bond donors (Lipinski definition) is 2. The van der Waals surface area contributed by atoms with Gasteiger partial charge in [-0.1, -0.05) is 0 Å². The lowest BCUT2D eigenvalue weighted by atomic mass is 10.1. The smallest absolute Gasteiger partial charge is 0.246 e. The molecule has 0 radical (unpaired) electrons. The van der Waals surface area contributed by atoms with Gasteiger partial charge in [0.15, 0.2) is 0 Å². The molecule has 7 heteroatoms. The van der Waals surface area contributed by atoms with Crippen molar-refractivity contribution in [3.05, 3.63) is 36.3 Å². The Hall–Kier alpha value is -2.41. The predicted octanol–water partition coefficient (Wildman–Crippen LogP) is 0.462. The Morgan fingerprint density at radius 2 is 2.37 bits per heavy atom. The monoisotopic (exact) mass is 261 g/mol. The van der Waals surface area contributed by atoms with Gasteiger partial charge >= 0.3 is 0 Å². The molecule has 2 aromatic rings. The average molecular weight is 261 g/mol. The number of aryl methyl sites for hydroxylation is 1. The van der Waals surface area contributed by atoms with Gasteiger partial charge in [-0.3, -0.25) is 9.48 Å². The van der Waals surface area contributed by atoms with Gasteiger partial charge in [0.25, 0.3) is 0 Å². The summed E-state index contributed by atoms with van der Waals surface area (Å²) in [5.74, 6) is -0.00598. The summed E-state index contributed by atoms with van der Waals surface area (Å²) in [7, 11) is 3.25. The quantitative estimate of drug-likeness (QED) is 0.833. The molecular formula is C12H15N5O2. The van der Waals surface area contributed by atoms with Crippen molar-refractivity contribution in [1.82, 2.24) is 14.8 Å². The Bertz CT molecular complexity index is 581. The molecule has 19 heavy (non-hydrogen) atoms. The number of nitrogens with one attached hydrogen (secondary N) is 1. The molecule has 0 bridgehead atoms. The lowest BCUT2D eigenvalue weighted by Crippen LogP contribution is -2.27. The predicted molar refractivity (Wildman–Crippen MR) is 69.6 cm³/mol. The van der Waals surface area contributed by atoms with Crippen LogP contribution in [0.5, 0.6) is 5.88 Å². The van der Waals surface area contributed by atoms with Crippen molar-refractivity contribution in [3.8, 4) is 5.88 Å². The van der Waals surface area contributed by atoms with E-state index in [0.717, 1.165) is 0 Å². The first-order chi connectivity index (χ1) is 9.11. The Morgan fingerprint density at radius 3 is 3.00 bits per heavy atom. The van der Waals surface area contributed by atoms with E-state index in [1.54, 1.807) is 42.5 Å². The maximum Gasteiger partial charge on any atom is 0.246 e. The Kier molecular flexibility index (Phi) is 3.76. The van der Waals surface area contributed by atoms with Gasteiger partial charge in [-0.05, 0) is 12.1 Å². The highest BCUT2D eigenvalue weighted by Crippen LogP contribution is 2.21. The van der Waals surface area contributed by atoms with Gasteiger partial charge in [-0.2, -0.15) is 5.10 Å². The van der Waals surface area contributed by atoms with Crippen LogP contribution < -0.4 is 15.8 Å². The highest BCUT2D eigenvalue weighted by atomic mass is 16.5. The first-order valence-corrected chi connectivity index (χ1v) is 5.66. The number of carbonyl (C=O) groups excluding carboxylic acids is 1. The van der Waals surface area contributed by atoms with Crippen molar-refractivity contribution in [2.75, 3.05) is 12.4 Å². The molecular weight excluding hydrogens is 246 g/mol. The van der Waals surface area contributed by atoms with E-state index in [1.807, 2.05) is 0 Å². The molecule has 2 heterocycles. The van der Waals surface area contributed by atoms with E-state index < -0.39 is 6.04 Å². The maximum absolute atomic E-state index is 12.0. The normalized spacial score (nSPS) is 11.9. The zero-order chi connectivity index (χ0) is 13.8. The van der Waals surface area contributed by atoms with Gasteiger partial charge in [0, 0.05) is 25.0 Å². The molecule has 2 rings (SSSR count). The van der Waals surface area contributed by atoms with E-state index in [9.17, 15) is 4.79 Å². The minimum Gasteiger partial charge on any atom is -0.480 e. The number of pyridine rings is 1. The molecule has 1 unspecified atom stereocenters. The Morgan fingerprint density at radius 1 is 1.58 bits per heavy atom. The van der Waals surface area contributed by atoms with Crippen LogP contribution in [-0.4, -0.2) is 27.8 Å². The first kappa shape index (κ1) is 13.0. The van der Waals surface area contributed by atoms with E-state index in [4.69, 9.17) is 10.5 Å². The molecule has 2 aromatic heterocycles. The van der Waals surface area contributed by atoms with Gasteiger partial charge < -0.3 is 15.8 Å². The van der Waals surface area contributed by atoms with Crippen molar-refractivity contribution in [2.45, 2.75) is 6.04 Å². The SMILES string of the molecule is COc1ncccc1NC(=O)C(N)c1cnn(C)c1. The van der Waals surface area contributed by atoms with Crippen molar-refractivity contribution < 1.29 is 9.53 Å². The number of methoxy groups -OCH3 is 1. The van der Waals surface area contributed by atoms with E-state index in [2.05, 4.69) is 15.4 Å². The highest BCUT2D eigenvalue weighted by molar-refractivity contribution is 5.96. The van der Waals surface area contributed by atoms with Gasteiger partial charge in [-0.15, -0.1) is 0 Å². The summed E-state index contributed by atoms with van der Waals surface area (Å²) in [5.41, 5.74) is 6.99. The second-order valence-corrected chi connectivity index (χ2v) is 3.97. The van der Waals surface area contributed by atoms with Crippen molar-refractivity contribution in [3.63, 3.8) is 0 Å². The summed E-state index contributed by atoms with van der Waals surface area (Å²) < 4.78 is 6.64. The van der Waals surface area contributed by atoms with Gasteiger partial charge in [0.2, 0.25) is 11.8 Å². The Balaban J connectivity index is 2.12. The Labute approximate surface area is 110 Å². The molecule has 0 fully saturated rings. The molecule has 0 aliphatic carbocycles. The molecule has 1 amide bonds. The molecule has 0 aliphatic rings. The van der Waals surface area contributed by atoms with E-state index in [1.165, 1.54) is 7.11 Å². The largest absolute Gasteiger partial charge is 0.480 e. The summed E-state index contributed by atoms with van der Waals surface area (Å²) in [6.45, 7) is 0. The fraction of sp³-hybridized carbons (Fsp3) is 0.250. The highest BCUT2D eigenvalue weighted by Gasteiger charge is 2.18. The summed E-state index contributed by atoms with van der Waals surface area (Å²) in [4.78, 5) is 16.0. The van der Waals surface area contributed by atoms with Crippen LogP contribution in [0.4, 0.5) is 5.69 Å². The number of nitrogens with two attached hydrogens (primary N) is 1. The molecule has 100 valence electrons. The van der Waals surface area contributed by atoms with Crippen LogP contribution >= 0.6 is 0 Å².